The van der Waals surface area contributed by atoms with Crippen LogP contribution in [0.2, 0.25) is 5.02 Å². The van der Waals surface area contributed by atoms with Gasteiger partial charge in [-0.1, -0.05) is 17.7 Å². The molecular weight excluding hydrogens is 224 g/mol. The fraction of sp³-hybridized carbons (Fsp3) is 0.182. The molecule has 2 aromatic heterocycles. The SMILES string of the molecule is CN(Cc1cccnc1)c1ncc(Cl)cn1. The molecule has 2 rings (SSSR count). The number of aromatic nitrogens is 3. The molecule has 0 unspecified atom stereocenters. The summed E-state index contributed by atoms with van der Waals surface area (Å²) in [5.74, 6) is 0.647. The van der Waals surface area contributed by atoms with Gasteiger partial charge in [0.25, 0.3) is 0 Å². The van der Waals surface area contributed by atoms with Crippen LogP contribution >= 0.6 is 11.6 Å². The summed E-state index contributed by atoms with van der Waals surface area (Å²) in [5.41, 5.74) is 1.11. The van der Waals surface area contributed by atoms with Crippen molar-refractivity contribution < 1.29 is 0 Å². The first-order valence-corrected chi connectivity index (χ1v) is 5.21. The number of nitrogens with zero attached hydrogens (tertiary/aromatic N) is 4. The highest BCUT2D eigenvalue weighted by molar-refractivity contribution is 6.30. The van der Waals surface area contributed by atoms with Gasteiger partial charge in [0.15, 0.2) is 0 Å². The van der Waals surface area contributed by atoms with E-state index < -0.39 is 0 Å². The van der Waals surface area contributed by atoms with Crippen LogP contribution in [-0.2, 0) is 6.54 Å². The Morgan fingerprint density at radius 3 is 2.62 bits per heavy atom. The minimum absolute atomic E-state index is 0.540. The molecule has 2 heterocycles. The van der Waals surface area contributed by atoms with Crippen LogP contribution in [0.15, 0.2) is 36.9 Å². The number of halogens is 1. The molecular formula is C11H11ClN4. The minimum atomic E-state index is 0.540. The number of rotatable bonds is 3. The highest BCUT2D eigenvalue weighted by atomic mass is 35.5. The lowest BCUT2D eigenvalue weighted by Crippen LogP contribution is -2.18. The van der Waals surface area contributed by atoms with Crippen molar-refractivity contribution >= 4 is 17.5 Å². The molecule has 0 aliphatic carbocycles. The van der Waals surface area contributed by atoms with Crippen molar-refractivity contribution in [2.45, 2.75) is 6.54 Å². The van der Waals surface area contributed by atoms with Crippen LogP contribution in [0.4, 0.5) is 5.95 Å². The van der Waals surface area contributed by atoms with Crippen LogP contribution in [0.1, 0.15) is 5.56 Å². The van der Waals surface area contributed by atoms with Crippen molar-refractivity contribution in [1.82, 2.24) is 15.0 Å². The number of pyridine rings is 1. The van der Waals surface area contributed by atoms with E-state index in [0.717, 1.165) is 12.1 Å². The van der Waals surface area contributed by atoms with Crippen molar-refractivity contribution in [2.75, 3.05) is 11.9 Å². The van der Waals surface area contributed by atoms with Crippen LogP contribution in [0, 0.1) is 0 Å². The van der Waals surface area contributed by atoms with E-state index in [1.54, 1.807) is 18.6 Å². The molecule has 0 bridgehead atoms. The first-order chi connectivity index (χ1) is 7.75. The quantitative estimate of drug-likeness (QED) is 0.816. The van der Waals surface area contributed by atoms with E-state index in [-0.39, 0.29) is 0 Å². The van der Waals surface area contributed by atoms with Crippen molar-refractivity contribution in [3.63, 3.8) is 0 Å². The Labute approximate surface area is 98.9 Å². The van der Waals surface area contributed by atoms with Crippen molar-refractivity contribution in [2.24, 2.45) is 0 Å². The largest absolute Gasteiger partial charge is 0.340 e. The first kappa shape index (κ1) is 10.8. The molecule has 16 heavy (non-hydrogen) atoms. The third kappa shape index (κ3) is 2.67. The van der Waals surface area contributed by atoms with E-state index in [0.29, 0.717) is 11.0 Å². The van der Waals surface area contributed by atoms with Gasteiger partial charge in [-0.15, -0.1) is 0 Å². The van der Waals surface area contributed by atoms with Gasteiger partial charge < -0.3 is 4.90 Å². The number of hydrogen-bond acceptors (Lipinski definition) is 4. The highest BCUT2D eigenvalue weighted by Crippen LogP contribution is 2.11. The lowest BCUT2D eigenvalue weighted by molar-refractivity contribution is 0.862. The summed E-state index contributed by atoms with van der Waals surface area (Å²) in [6.45, 7) is 0.718. The third-order valence-electron chi connectivity index (χ3n) is 2.09. The van der Waals surface area contributed by atoms with Gasteiger partial charge in [-0.05, 0) is 11.6 Å². The average Bonchev–Trinajstić information content (AvgIpc) is 2.31. The van der Waals surface area contributed by atoms with Crippen molar-refractivity contribution in [3.8, 4) is 0 Å². The predicted octanol–water partition coefficient (Wildman–Crippen LogP) is 2.16. The Kier molecular flexibility index (Phi) is 3.31. The summed E-state index contributed by atoms with van der Waals surface area (Å²) in [5, 5.41) is 0.540. The van der Waals surface area contributed by atoms with Crippen molar-refractivity contribution in [1.29, 1.82) is 0 Å². The summed E-state index contributed by atoms with van der Waals surface area (Å²) in [7, 11) is 1.93. The summed E-state index contributed by atoms with van der Waals surface area (Å²) in [6.07, 6.45) is 6.75. The van der Waals surface area contributed by atoms with Crippen LogP contribution in [0.5, 0.6) is 0 Å². The van der Waals surface area contributed by atoms with Crippen LogP contribution in [-0.4, -0.2) is 22.0 Å². The Morgan fingerprint density at radius 1 is 1.25 bits per heavy atom. The Morgan fingerprint density at radius 2 is 2.00 bits per heavy atom. The molecule has 0 N–H and O–H groups in total. The third-order valence-corrected chi connectivity index (χ3v) is 2.29. The van der Waals surface area contributed by atoms with Crippen LogP contribution in [0.3, 0.4) is 0 Å². The van der Waals surface area contributed by atoms with E-state index in [1.807, 2.05) is 30.3 Å². The average molecular weight is 235 g/mol. The molecule has 0 aliphatic heterocycles. The van der Waals surface area contributed by atoms with E-state index >= 15 is 0 Å². The summed E-state index contributed by atoms with van der Waals surface area (Å²) in [4.78, 5) is 14.3. The topological polar surface area (TPSA) is 41.9 Å². The van der Waals surface area contributed by atoms with Gasteiger partial charge in [-0.2, -0.15) is 0 Å². The van der Waals surface area contributed by atoms with E-state index in [1.165, 1.54) is 0 Å². The summed E-state index contributed by atoms with van der Waals surface area (Å²) in [6, 6.07) is 3.92. The zero-order valence-corrected chi connectivity index (χ0v) is 9.59. The van der Waals surface area contributed by atoms with E-state index in [9.17, 15) is 0 Å². The fourth-order valence-electron chi connectivity index (χ4n) is 1.34. The Bertz CT molecular complexity index is 443. The van der Waals surface area contributed by atoms with Crippen LogP contribution < -0.4 is 4.90 Å². The Hall–Kier alpha value is -1.68. The van der Waals surface area contributed by atoms with Gasteiger partial charge in [0.1, 0.15) is 0 Å². The molecule has 0 atom stereocenters. The van der Waals surface area contributed by atoms with Gasteiger partial charge in [0.05, 0.1) is 17.4 Å². The maximum Gasteiger partial charge on any atom is 0.225 e. The van der Waals surface area contributed by atoms with Gasteiger partial charge in [-0.3, -0.25) is 4.98 Å². The maximum atomic E-state index is 5.72. The van der Waals surface area contributed by atoms with Gasteiger partial charge in [-0.25, -0.2) is 9.97 Å². The van der Waals surface area contributed by atoms with Gasteiger partial charge in [0, 0.05) is 26.0 Å². The molecule has 0 fully saturated rings. The molecule has 5 heteroatoms. The van der Waals surface area contributed by atoms with E-state index in [4.69, 9.17) is 11.6 Å². The molecule has 0 radical (unpaired) electrons. The molecule has 0 aromatic carbocycles. The monoisotopic (exact) mass is 234 g/mol. The second-order valence-electron chi connectivity index (χ2n) is 3.42. The molecule has 0 amide bonds. The molecule has 82 valence electrons. The zero-order valence-electron chi connectivity index (χ0n) is 8.84. The lowest BCUT2D eigenvalue weighted by atomic mass is 10.3. The summed E-state index contributed by atoms with van der Waals surface area (Å²) >= 11 is 5.72. The lowest BCUT2D eigenvalue weighted by Gasteiger charge is -2.16. The Balaban J connectivity index is 2.09. The molecule has 0 saturated heterocycles. The summed E-state index contributed by atoms with van der Waals surface area (Å²) < 4.78 is 0. The van der Waals surface area contributed by atoms with Crippen molar-refractivity contribution in [3.05, 3.63) is 47.5 Å². The maximum absolute atomic E-state index is 5.72. The predicted molar refractivity (Wildman–Crippen MR) is 63.4 cm³/mol. The first-order valence-electron chi connectivity index (χ1n) is 4.83. The molecule has 0 spiro atoms. The minimum Gasteiger partial charge on any atom is -0.340 e. The highest BCUT2D eigenvalue weighted by Gasteiger charge is 2.04. The second kappa shape index (κ2) is 4.90. The normalized spacial score (nSPS) is 10.1. The van der Waals surface area contributed by atoms with Gasteiger partial charge >= 0.3 is 0 Å². The second-order valence-corrected chi connectivity index (χ2v) is 3.86. The van der Waals surface area contributed by atoms with Gasteiger partial charge in [0.2, 0.25) is 5.95 Å². The molecule has 2 aromatic rings. The molecule has 0 saturated carbocycles. The number of hydrogen-bond donors (Lipinski definition) is 0. The fourth-order valence-corrected chi connectivity index (χ4v) is 1.44. The smallest absolute Gasteiger partial charge is 0.225 e. The van der Waals surface area contributed by atoms with E-state index in [2.05, 4.69) is 15.0 Å². The molecule has 4 nitrogen and oxygen atoms in total. The number of anilines is 1. The standard InChI is InChI=1S/C11H11ClN4/c1-16(8-9-3-2-4-13-5-9)11-14-6-10(12)7-15-11/h2-7H,8H2,1H3. The van der Waals surface area contributed by atoms with Crippen LogP contribution in [0.25, 0.3) is 0 Å². The molecule has 0 aliphatic rings. The zero-order chi connectivity index (χ0) is 11.4.